The first kappa shape index (κ1) is 58.4. The van der Waals surface area contributed by atoms with E-state index >= 15 is 0 Å². The summed E-state index contributed by atoms with van der Waals surface area (Å²) in [6.45, 7) is 11.4. The number of ether oxygens (including phenoxy) is 3. The lowest BCUT2D eigenvalue weighted by molar-refractivity contribution is -0.167. The lowest BCUT2D eigenvalue weighted by Crippen LogP contribution is -2.30. The summed E-state index contributed by atoms with van der Waals surface area (Å²) in [6.07, 6.45) is 48.0. The zero-order valence-electron chi connectivity index (χ0n) is 41.1. The highest BCUT2D eigenvalue weighted by Gasteiger charge is 2.19. The van der Waals surface area contributed by atoms with E-state index in [1.54, 1.807) is 0 Å². The molecule has 356 valence electrons. The minimum absolute atomic E-state index is 0.0634. The number of hydrogen-bond acceptors (Lipinski definition) is 6. The van der Waals surface area contributed by atoms with Crippen molar-refractivity contribution in [3.05, 3.63) is 0 Å². The zero-order chi connectivity index (χ0) is 44.0. The quantitative estimate of drug-likeness (QED) is 0.0345. The average Bonchev–Trinajstić information content (AvgIpc) is 3.22. The van der Waals surface area contributed by atoms with Gasteiger partial charge in [0.15, 0.2) is 6.10 Å². The van der Waals surface area contributed by atoms with Crippen LogP contribution in [0.1, 0.15) is 298 Å². The largest absolute Gasteiger partial charge is 0.462 e. The highest BCUT2D eigenvalue weighted by molar-refractivity contribution is 5.71. The van der Waals surface area contributed by atoms with E-state index in [4.69, 9.17) is 14.2 Å². The van der Waals surface area contributed by atoms with Crippen LogP contribution in [-0.2, 0) is 28.6 Å². The molecule has 6 heteroatoms. The van der Waals surface area contributed by atoms with Crippen molar-refractivity contribution < 1.29 is 28.6 Å². The molecule has 0 rings (SSSR count). The second-order valence-electron chi connectivity index (χ2n) is 19.5. The fraction of sp³-hybridized carbons (Fsp3) is 0.944. The van der Waals surface area contributed by atoms with E-state index in [9.17, 15) is 14.4 Å². The molecular formula is C54H104O6. The van der Waals surface area contributed by atoms with Gasteiger partial charge in [-0.2, -0.15) is 0 Å². The third kappa shape index (κ3) is 47.5. The molecule has 0 radical (unpaired) electrons. The molecule has 0 spiro atoms. The van der Waals surface area contributed by atoms with Gasteiger partial charge < -0.3 is 14.2 Å². The maximum absolute atomic E-state index is 12.8. The summed E-state index contributed by atoms with van der Waals surface area (Å²) in [5.41, 5.74) is 0. The maximum atomic E-state index is 12.8. The number of rotatable bonds is 48. The second kappa shape index (κ2) is 46.9. The standard InChI is InChI=1S/C54H104O6/c1-6-7-8-9-10-11-17-26-31-36-41-46-54(57)60-51(48-59-53(56)45-40-35-30-25-21-20-23-28-33-38-43-50(4)5)47-58-52(55)44-39-34-29-24-19-16-14-12-13-15-18-22-27-32-37-42-49(2)3/h49-51H,6-48H2,1-5H3/t51-/m1/s1. The predicted octanol–water partition coefficient (Wildman–Crippen LogP) is 17.3. The predicted molar refractivity (Wildman–Crippen MR) is 256 cm³/mol. The lowest BCUT2D eigenvalue weighted by atomic mass is 10.0. The van der Waals surface area contributed by atoms with E-state index < -0.39 is 6.10 Å². The van der Waals surface area contributed by atoms with E-state index in [0.717, 1.165) is 69.6 Å². The van der Waals surface area contributed by atoms with Gasteiger partial charge in [-0.15, -0.1) is 0 Å². The number of unbranched alkanes of at least 4 members (excludes halogenated alkanes) is 33. The van der Waals surface area contributed by atoms with Crippen molar-refractivity contribution in [2.45, 2.75) is 304 Å². The summed E-state index contributed by atoms with van der Waals surface area (Å²) < 4.78 is 16.8. The molecule has 0 saturated heterocycles. The van der Waals surface area contributed by atoms with Crippen LogP contribution in [0.5, 0.6) is 0 Å². The minimum Gasteiger partial charge on any atom is -0.462 e. The molecule has 1 atom stereocenters. The molecule has 60 heavy (non-hydrogen) atoms. The first-order valence-corrected chi connectivity index (χ1v) is 26.7. The third-order valence-corrected chi connectivity index (χ3v) is 12.2. The van der Waals surface area contributed by atoms with Crippen LogP contribution in [0.4, 0.5) is 0 Å². The van der Waals surface area contributed by atoms with E-state index in [2.05, 4.69) is 34.6 Å². The molecule has 0 aromatic carbocycles. The van der Waals surface area contributed by atoms with Gasteiger partial charge in [0.05, 0.1) is 0 Å². The monoisotopic (exact) mass is 849 g/mol. The Morgan fingerprint density at radius 1 is 0.317 bits per heavy atom. The molecule has 0 saturated carbocycles. The number of carbonyl (C=O) groups is 3. The molecule has 0 N–H and O–H groups in total. The SMILES string of the molecule is CCCCCCCCCCCCCC(=O)O[C@H](COC(=O)CCCCCCCCCCCCCCCCCC(C)C)COC(=O)CCCCCCCCCCCCC(C)C. The van der Waals surface area contributed by atoms with Gasteiger partial charge in [0.1, 0.15) is 13.2 Å². The summed E-state index contributed by atoms with van der Waals surface area (Å²) >= 11 is 0. The van der Waals surface area contributed by atoms with Crippen molar-refractivity contribution in [2.24, 2.45) is 11.8 Å². The smallest absolute Gasteiger partial charge is 0.306 e. The molecule has 0 unspecified atom stereocenters. The van der Waals surface area contributed by atoms with Crippen molar-refractivity contribution in [3.63, 3.8) is 0 Å². The Morgan fingerprint density at radius 2 is 0.550 bits per heavy atom. The molecule has 6 nitrogen and oxygen atoms in total. The van der Waals surface area contributed by atoms with Crippen LogP contribution in [0.3, 0.4) is 0 Å². The Hall–Kier alpha value is -1.59. The Labute approximate surface area is 374 Å². The molecule has 0 aliphatic heterocycles. The fourth-order valence-corrected chi connectivity index (χ4v) is 8.17. The second-order valence-corrected chi connectivity index (χ2v) is 19.5. The minimum atomic E-state index is -0.761. The molecule has 0 bridgehead atoms. The number of esters is 3. The van der Waals surface area contributed by atoms with E-state index in [-0.39, 0.29) is 31.1 Å². The van der Waals surface area contributed by atoms with Gasteiger partial charge in [-0.1, -0.05) is 259 Å². The molecule has 0 aliphatic carbocycles. The van der Waals surface area contributed by atoms with Crippen LogP contribution >= 0.6 is 0 Å². The first-order chi connectivity index (χ1) is 29.2. The molecular weight excluding hydrogens is 745 g/mol. The number of hydrogen-bond donors (Lipinski definition) is 0. The van der Waals surface area contributed by atoms with Crippen LogP contribution in [-0.4, -0.2) is 37.2 Å². The average molecular weight is 849 g/mol. The third-order valence-electron chi connectivity index (χ3n) is 12.2. The van der Waals surface area contributed by atoms with Crippen molar-refractivity contribution in [3.8, 4) is 0 Å². The van der Waals surface area contributed by atoms with Gasteiger partial charge in [0.25, 0.3) is 0 Å². The molecule has 0 aromatic rings. The van der Waals surface area contributed by atoms with Gasteiger partial charge >= 0.3 is 17.9 Å². The van der Waals surface area contributed by atoms with Crippen molar-refractivity contribution >= 4 is 17.9 Å². The maximum Gasteiger partial charge on any atom is 0.306 e. The first-order valence-electron chi connectivity index (χ1n) is 26.7. The Kier molecular flexibility index (Phi) is 45.7. The zero-order valence-corrected chi connectivity index (χ0v) is 41.1. The summed E-state index contributed by atoms with van der Waals surface area (Å²) in [4.78, 5) is 37.9. The van der Waals surface area contributed by atoms with Gasteiger partial charge in [-0.25, -0.2) is 0 Å². The Morgan fingerprint density at radius 3 is 0.817 bits per heavy atom. The van der Waals surface area contributed by atoms with Crippen molar-refractivity contribution in [1.82, 2.24) is 0 Å². The fourth-order valence-electron chi connectivity index (χ4n) is 8.17. The van der Waals surface area contributed by atoms with E-state index in [1.165, 1.54) is 186 Å². The highest BCUT2D eigenvalue weighted by atomic mass is 16.6. The Bertz CT molecular complexity index is 916. The molecule has 0 aliphatic rings. The molecule has 0 fully saturated rings. The van der Waals surface area contributed by atoms with Gasteiger partial charge in [0.2, 0.25) is 0 Å². The summed E-state index contributed by atoms with van der Waals surface area (Å²) in [5, 5.41) is 0. The van der Waals surface area contributed by atoms with Crippen LogP contribution in [0.15, 0.2) is 0 Å². The summed E-state index contributed by atoms with van der Waals surface area (Å²) in [7, 11) is 0. The van der Waals surface area contributed by atoms with Crippen LogP contribution in [0.2, 0.25) is 0 Å². The Balaban J connectivity index is 4.26. The van der Waals surface area contributed by atoms with Gasteiger partial charge in [-0.05, 0) is 31.1 Å². The number of carbonyl (C=O) groups excluding carboxylic acids is 3. The molecule has 0 amide bonds. The normalized spacial score (nSPS) is 12.1. The lowest BCUT2D eigenvalue weighted by Gasteiger charge is -2.18. The van der Waals surface area contributed by atoms with Crippen molar-refractivity contribution in [1.29, 1.82) is 0 Å². The van der Waals surface area contributed by atoms with Gasteiger partial charge in [0, 0.05) is 19.3 Å². The molecule has 0 heterocycles. The van der Waals surface area contributed by atoms with E-state index in [1.807, 2.05) is 0 Å². The van der Waals surface area contributed by atoms with Crippen molar-refractivity contribution in [2.75, 3.05) is 13.2 Å². The highest BCUT2D eigenvalue weighted by Crippen LogP contribution is 2.18. The topological polar surface area (TPSA) is 78.9 Å². The van der Waals surface area contributed by atoms with Crippen LogP contribution in [0.25, 0.3) is 0 Å². The molecule has 0 aromatic heterocycles. The van der Waals surface area contributed by atoms with Crippen LogP contribution in [0, 0.1) is 11.8 Å². The van der Waals surface area contributed by atoms with Gasteiger partial charge in [-0.3, -0.25) is 14.4 Å². The van der Waals surface area contributed by atoms with Crippen LogP contribution < -0.4 is 0 Å². The summed E-state index contributed by atoms with van der Waals surface area (Å²) in [6, 6.07) is 0. The van der Waals surface area contributed by atoms with E-state index in [0.29, 0.717) is 19.3 Å². The summed E-state index contributed by atoms with van der Waals surface area (Å²) in [5.74, 6) is 0.821.